The fourth-order valence-electron chi connectivity index (χ4n) is 1.82. The average Bonchev–Trinajstić information content (AvgIpc) is 2.46. The first-order valence-corrected chi connectivity index (χ1v) is 5.30. The number of rotatable bonds is 4. The first-order chi connectivity index (χ1) is 6.40. The molecule has 3 heteroatoms. The number of ether oxygens (including phenoxy) is 1. The number of hydrogen-bond acceptors (Lipinski definition) is 3. The molecule has 0 radical (unpaired) electrons. The van der Waals surface area contributed by atoms with Gasteiger partial charge >= 0.3 is 0 Å². The van der Waals surface area contributed by atoms with Crippen LogP contribution in [0.2, 0.25) is 0 Å². The van der Waals surface area contributed by atoms with Crippen molar-refractivity contribution in [1.29, 1.82) is 0 Å². The Morgan fingerprint density at radius 3 is 2.92 bits per heavy atom. The Labute approximate surface area is 79.4 Å². The van der Waals surface area contributed by atoms with E-state index in [1.807, 2.05) is 0 Å². The van der Waals surface area contributed by atoms with E-state index in [0.717, 1.165) is 31.9 Å². The summed E-state index contributed by atoms with van der Waals surface area (Å²) in [7, 11) is 0. The molecule has 0 saturated heterocycles. The van der Waals surface area contributed by atoms with Gasteiger partial charge in [-0.2, -0.15) is 0 Å². The molecule has 2 rings (SSSR count). The van der Waals surface area contributed by atoms with Gasteiger partial charge in [0.05, 0.1) is 6.04 Å². The van der Waals surface area contributed by atoms with Crippen molar-refractivity contribution in [3.63, 3.8) is 0 Å². The fraction of sp³-hybridized carbons (Fsp3) is 0.900. The highest BCUT2D eigenvalue weighted by Gasteiger charge is 2.29. The maximum absolute atomic E-state index is 5.58. The largest absolute Gasteiger partial charge is 0.478 e. The molecule has 1 unspecified atom stereocenters. The van der Waals surface area contributed by atoms with Crippen LogP contribution in [0.1, 0.15) is 32.1 Å². The minimum atomic E-state index is 0.402. The molecule has 1 saturated carbocycles. The van der Waals surface area contributed by atoms with E-state index in [0.29, 0.717) is 12.0 Å². The van der Waals surface area contributed by atoms with E-state index in [4.69, 9.17) is 10.5 Å². The summed E-state index contributed by atoms with van der Waals surface area (Å²) < 4.78 is 5.58. The van der Waals surface area contributed by atoms with Crippen LogP contribution in [0, 0.1) is 5.92 Å². The van der Waals surface area contributed by atoms with Gasteiger partial charge in [0, 0.05) is 5.92 Å². The van der Waals surface area contributed by atoms with E-state index < -0.39 is 0 Å². The SMILES string of the molecule is NCCCC1COC(C2CCC2)=N1. The van der Waals surface area contributed by atoms with Gasteiger partial charge in [-0.15, -0.1) is 0 Å². The van der Waals surface area contributed by atoms with Crippen LogP contribution in [-0.4, -0.2) is 25.1 Å². The summed E-state index contributed by atoms with van der Waals surface area (Å²) in [5.41, 5.74) is 5.45. The predicted octanol–water partition coefficient (Wildman–Crippen LogP) is 1.32. The van der Waals surface area contributed by atoms with Crippen molar-refractivity contribution in [3.8, 4) is 0 Å². The summed E-state index contributed by atoms with van der Waals surface area (Å²) in [5.74, 6) is 1.69. The highest BCUT2D eigenvalue weighted by molar-refractivity contribution is 5.80. The monoisotopic (exact) mass is 182 g/mol. The fourth-order valence-corrected chi connectivity index (χ4v) is 1.82. The molecule has 0 aromatic heterocycles. The lowest BCUT2D eigenvalue weighted by molar-refractivity contribution is 0.265. The first-order valence-electron chi connectivity index (χ1n) is 5.30. The van der Waals surface area contributed by atoms with Gasteiger partial charge in [0.15, 0.2) is 5.90 Å². The Morgan fingerprint density at radius 2 is 2.31 bits per heavy atom. The third-order valence-electron chi connectivity index (χ3n) is 2.93. The zero-order chi connectivity index (χ0) is 9.10. The molecule has 0 bridgehead atoms. The van der Waals surface area contributed by atoms with Crippen molar-refractivity contribution in [1.82, 2.24) is 0 Å². The summed E-state index contributed by atoms with van der Waals surface area (Å²) >= 11 is 0. The van der Waals surface area contributed by atoms with Crippen LogP contribution in [0.15, 0.2) is 4.99 Å². The summed E-state index contributed by atoms with van der Waals surface area (Å²) in [6, 6.07) is 0.402. The Kier molecular flexibility index (Phi) is 2.83. The Bertz CT molecular complexity index is 199. The molecule has 0 spiro atoms. The molecule has 1 aliphatic heterocycles. The van der Waals surface area contributed by atoms with Crippen LogP contribution in [0.3, 0.4) is 0 Å². The van der Waals surface area contributed by atoms with Crippen molar-refractivity contribution in [2.24, 2.45) is 16.6 Å². The Hall–Kier alpha value is -0.570. The molecule has 74 valence electrons. The lowest BCUT2D eigenvalue weighted by atomic mass is 9.85. The lowest BCUT2D eigenvalue weighted by Gasteiger charge is -2.23. The molecule has 2 aliphatic rings. The third kappa shape index (κ3) is 2.02. The summed E-state index contributed by atoms with van der Waals surface area (Å²) in [5, 5.41) is 0. The minimum absolute atomic E-state index is 0.402. The van der Waals surface area contributed by atoms with E-state index in [-0.39, 0.29) is 0 Å². The minimum Gasteiger partial charge on any atom is -0.478 e. The second-order valence-electron chi connectivity index (χ2n) is 3.99. The molecular weight excluding hydrogens is 164 g/mol. The van der Waals surface area contributed by atoms with Crippen molar-refractivity contribution in [2.45, 2.75) is 38.1 Å². The Morgan fingerprint density at radius 1 is 1.46 bits per heavy atom. The molecule has 13 heavy (non-hydrogen) atoms. The number of aliphatic imine (C=N–C) groups is 1. The van der Waals surface area contributed by atoms with Crippen LogP contribution in [0.25, 0.3) is 0 Å². The second-order valence-corrected chi connectivity index (χ2v) is 3.99. The van der Waals surface area contributed by atoms with Crippen LogP contribution < -0.4 is 5.73 Å². The molecule has 1 aliphatic carbocycles. The molecule has 1 atom stereocenters. The van der Waals surface area contributed by atoms with Gasteiger partial charge in [0.25, 0.3) is 0 Å². The predicted molar refractivity (Wildman–Crippen MR) is 52.8 cm³/mol. The topological polar surface area (TPSA) is 47.6 Å². The molecule has 0 aromatic rings. The molecule has 0 aromatic carbocycles. The molecule has 1 heterocycles. The van der Waals surface area contributed by atoms with Crippen LogP contribution in [0.5, 0.6) is 0 Å². The van der Waals surface area contributed by atoms with Crippen molar-refractivity contribution < 1.29 is 4.74 Å². The van der Waals surface area contributed by atoms with Gasteiger partial charge in [-0.1, -0.05) is 6.42 Å². The molecule has 3 nitrogen and oxygen atoms in total. The smallest absolute Gasteiger partial charge is 0.186 e. The quantitative estimate of drug-likeness (QED) is 0.713. The van der Waals surface area contributed by atoms with E-state index >= 15 is 0 Å². The zero-order valence-corrected chi connectivity index (χ0v) is 8.04. The van der Waals surface area contributed by atoms with Gasteiger partial charge in [-0.05, 0) is 32.2 Å². The summed E-state index contributed by atoms with van der Waals surface area (Å²) in [6.07, 6.45) is 6.06. The van der Waals surface area contributed by atoms with Crippen molar-refractivity contribution in [2.75, 3.05) is 13.2 Å². The van der Waals surface area contributed by atoms with E-state index in [1.165, 1.54) is 19.3 Å². The summed E-state index contributed by atoms with van der Waals surface area (Å²) in [4.78, 5) is 4.59. The van der Waals surface area contributed by atoms with Gasteiger partial charge < -0.3 is 10.5 Å². The van der Waals surface area contributed by atoms with Gasteiger partial charge in [-0.25, -0.2) is 4.99 Å². The lowest BCUT2D eigenvalue weighted by Crippen LogP contribution is -2.21. The zero-order valence-electron chi connectivity index (χ0n) is 8.04. The van der Waals surface area contributed by atoms with Crippen LogP contribution >= 0.6 is 0 Å². The molecule has 1 fully saturated rings. The third-order valence-corrected chi connectivity index (χ3v) is 2.93. The Balaban J connectivity index is 1.79. The standard InChI is InChI=1S/C10H18N2O/c11-6-2-5-9-7-13-10(12-9)8-3-1-4-8/h8-9H,1-7,11H2. The highest BCUT2D eigenvalue weighted by Crippen LogP contribution is 2.30. The summed E-state index contributed by atoms with van der Waals surface area (Å²) in [6.45, 7) is 1.57. The van der Waals surface area contributed by atoms with Crippen LogP contribution in [0.4, 0.5) is 0 Å². The average molecular weight is 182 g/mol. The van der Waals surface area contributed by atoms with E-state index in [2.05, 4.69) is 4.99 Å². The van der Waals surface area contributed by atoms with Crippen molar-refractivity contribution in [3.05, 3.63) is 0 Å². The van der Waals surface area contributed by atoms with E-state index in [9.17, 15) is 0 Å². The van der Waals surface area contributed by atoms with Crippen LogP contribution in [-0.2, 0) is 4.74 Å². The normalized spacial score (nSPS) is 28.1. The first kappa shape index (κ1) is 9.00. The van der Waals surface area contributed by atoms with Crippen molar-refractivity contribution >= 4 is 5.90 Å². The maximum Gasteiger partial charge on any atom is 0.186 e. The second kappa shape index (κ2) is 4.09. The number of nitrogens with zero attached hydrogens (tertiary/aromatic N) is 1. The van der Waals surface area contributed by atoms with Gasteiger partial charge in [0.1, 0.15) is 6.61 Å². The number of nitrogens with two attached hydrogens (primary N) is 1. The maximum atomic E-state index is 5.58. The number of hydrogen-bond donors (Lipinski definition) is 1. The highest BCUT2D eigenvalue weighted by atomic mass is 16.5. The van der Waals surface area contributed by atoms with Gasteiger partial charge in [-0.3, -0.25) is 0 Å². The van der Waals surface area contributed by atoms with E-state index in [1.54, 1.807) is 0 Å². The molecule has 0 amide bonds. The molecular formula is C10H18N2O. The molecule has 2 N–H and O–H groups in total. The van der Waals surface area contributed by atoms with Gasteiger partial charge in [0.2, 0.25) is 0 Å².